The van der Waals surface area contributed by atoms with Crippen LogP contribution in [0.15, 0.2) is 18.2 Å². The van der Waals surface area contributed by atoms with Crippen LogP contribution < -0.4 is 5.73 Å². The zero-order valence-corrected chi connectivity index (χ0v) is 12.3. The summed E-state index contributed by atoms with van der Waals surface area (Å²) in [5.74, 6) is -0.484. The average molecular weight is 299 g/mol. The fourth-order valence-corrected chi connectivity index (χ4v) is 2.77. The molecule has 1 aromatic rings. The molecule has 0 saturated heterocycles. The lowest BCUT2D eigenvalue weighted by atomic mass is 10.1. The Morgan fingerprint density at radius 2 is 2.26 bits per heavy atom. The van der Waals surface area contributed by atoms with E-state index < -0.39 is 16.8 Å². The number of carbonyl (C=O) groups is 1. The van der Waals surface area contributed by atoms with Gasteiger partial charge in [-0.25, -0.2) is 0 Å². The fourth-order valence-electron chi connectivity index (χ4n) is 1.38. The van der Waals surface area contributed by atoms with E-state index >= 15 is 0 Å². The SMILES string of the molecule is CC(C)(SCc1ccc(C#N)cc1Cl)[C@@H](N)C(=O)O. The van der Waals surface area contributed by atoms with E-state index in [0.717, 1.165) is 5.56 Å². The van der Waals surface area contributed by atoms with Gasteiger partial charge in [0.1, 0.15) is 6.04 Å². The minimum Gasteiger partial charge on any atom is -0.480 e. The Kier molecular flexibility index (Phi) is 5.24. The first-order chi connectivity index (χ1) is 8.77. The Hall–Kier alpha value is -1.22. The van der Waals surface area contributed by atoms with Crippen LogP contribution in [0.3, 0.4) is 0 Å². The fraction of sp³-hybridized carbons (Fsp3) is 0.385. The Bertz CT molecular complexity index is 526. The second-order valence-corrected chi connectivity index (χ2v) is 6.66. The highest BCUT2D eigenvalue weighted by molar-refractivity contribution is 7.99. The number of hydrogen-bond donors (Lipinski definition) is 2. The van der Waals surface area contributed by atoms with Crippen molar-refractivity contribution in [3.05, 3.63) is 34.3 Å². The molecule has 19 heavy (non-hydrogen) atoms. The van der Waals surface area contributed by atoms with E-state index in [1.807, 2.05) is 6.07 Å². The topological polar surface area (TPSA) is 87.1 Å². The van der Waals surface area contributed by atoms with Crippen LogP contribution in [0.2, 0.25) is 5.02 Å². The van der Waals surface area contributed by atoms with Crippen LogP contribution in [-0.4, -0.2) is 21.9 Å². The van der Waals surface area contributed by atoms with Crippen LogP contribution in [0, 0.1) is 11.3 Å². The standard InChI is InChI=1S/C13H15ClN2O2S/c1-13(2,11(16)12(17)18)19-7-9-4-3-8(6-15)5-10(9)14/h3-5,11H,7,16H2,1-2H3,(H,17,18)/t11-/m0/s1. The molecule has 1 rings (SSSR count). The zero-order valence-electron chi connectivity index (χ0n) is 10.7. The van der Waals surface area contributed by atoms with E-state index in [1.54, 1.807) is 32.0 Å². The number of thioether (sulfide) groups is 1. The minimum absolute atomic E-state index is 0.500. The van der Waals surface area contributed by atoms with Crippen molar-refractivity contribution in [3.8, 4) is 6.07 Å². The largest absolute Gasteiger partial charge is 0.480 e. The van der Waals surface area contributed by atoms with Crippen molar-refractivity contribution < 1.29 is 9.90 Å². The first kappa shape index (κ1) is 15.8. The van der Waals surface area contributed by atoms with Crippen molar-refractivity contribution in [1.82, 2.24) is 0 Å². The lowest BCUT2D eigenvalue weighted by Gasteiger charge is -2.28. The molecule has 0 radical (unpaired) electrons. The van der Waals surface area contributed by atoms with Gasteiger partial charge in [0, 0.05) is 15.5 Å². The number of hydrogen-bond acceptors (Lipinski definition) is 4. The third-order valence-electron chi connectivity index (χ3n) is 2.80. The molecule has 0 bridgehead atoms. The Morgan fingerprint density at radius 1 is 1.63 bits per heavy atom. The highest BCUT2D eigenvalue weighted by Gasteiger charge is 2.32. The number of carboxylic acid groups (broad SMARTS) is 1. The maximum atomic E-state index is 10.9. The summed E-state index contributed by atoms with van der Waals surface area (Å²) in [5.41, 5.74) is 7.00. The van der Waals surface area contributed by atoms with Crippen molar-refractivity contribution in [2.45, 2.75) is 30.4 Å². The van der Waals surface area contributed by atoms with Crippen LogP contribution in [-0.2, 0) is 10.5 Å². The second kappa shape index (κ2) is 6.29. The summed E-state index contributed by atoms with van der Waals surface area (Å²) in [6.07, 6.45) is 0. The van der Waals surface area contributed by atoms with Crippen molar-refractivity contribution in [2.24, 2.45) is 5.73 Å². The van der Waals surface area contributed by atoms with E-state index in [1.165, 1.54) is 11.8 Å². The summed E-state index contributed by atoms with van der Waals surface area (Å²) in [4.78, 5) is 10.9. The van der Waals surface area contributed by atoms with E-state index in [0.29, 0.717) is 16.3 Å². The molecule has 0 unspecified atom stereocenters. The van der Waals surface area contributed by atoms with Gasteiger partial charge in [-0.15, -0.1) is 11.8 Å². The van der Waals surface area contributed by atoms with Gasteiger partial charge in [0.2, 0.25) is 0 Å². The molecule has 1 atom stereocenters. The average Bonchev–Trinajstić information content (AvgIpc) is 2.36. The predicted octanol–water partition coefficient (Wildman–Crippen LogP) is 2.64. The first-order valence-corrected chi connectivity index (χ1v) is 6.95. The predicted molar refractivity (Wildman–Crippen MR) is 77.2 cm³/mol. The van der Waals surface area contributed by atoms with Gasteiger partial charge in [-0.1, -0.05) is 17.7 Å². The Morgan fingerprint density at radius 3 is 2.74 bits per heavy atom. The molecule has 1 aromatic carbocycles. The molecule has 4 nitrogen and oxygen atoms in total. The van der Waals surface area contributed by atoms with Crippen molar-refractivity contribution in [1.29, 1.82) is 5.26 Å². The lowest BCUT2D eigenvalue weighted by Crippen LogP contribution is -2.46. The number of benzene rings is 1. The molecule has 0 aliphatic heterocycles. The van der Waals surface area contributed by atoms with Gasteiger partial charge in [-0.3, -0.25) is 4.79 Å². The molecule has 3 N–H and O–H groups in total. The molecule has 0 aromatic heterocycles. The maximum Gasteiger partial charge on any atom is 0.321 e. The van der Waals surface area contributed by atoms with Gasteiger partial charge in [0.15, 0.2) is 0 Å². The summed E-state index contributed by atoms with van der Waals surface area (Å²) in [5, 5.41) is 18.2. The van der Waals surface area contributed by atoms with Crippen LogP contribution in [0.5, 0.6) is 0 Å². The number of aliphatic carboxylic acids is 1. The van der Waals surface area contributed by atoms with E-state index in [2.05, 4.69) is 0 Å². The molecule has 0 heterocycles. The third-order valence-corrected chi connectivity index (χ3v) is 4.60. The summed E-state index contributed by atoms with van der Waals surface area (Å²) < 4.78 is -0.608. The zero-order chi connectivity index (χ0) is 14.6. The van der Waals surface area contributed by atoms with Gasteiger partial charge >= 0.3 is 5.97 Å². The third kappa shape index (κ3) is 4.13. The summed E-state index contributed by atoms with van der Waals surface area (Å²) in [7, 11) is 0. The second-order valence-electron chi connectivity index (χ2n) is 4.63. The van der Waals surface area contributed by atoms with Crippen LogP contribution in [0.4, 0.5) is 0 Å². The summed E-state index contributed by atoms with van der Waals surface area (Å²) in [6, 6.07) is 6.12. The van der Waals surface area contributed by atoms with Gasteiger partial charge in [-0.05, 0) is 31.5 Å². The normalized spacial score (nSPS) is 12.8. The maximum absolute atomic E-state index is 10.9. The molecule has 6 heteroatoms. The van der Waals surface area contributed by atoms with Gasteiger partial charge in [-0.2, -0.15) is 5.26 Å². The number of halogens is 1. The molecule has 0 aliphatic carbocycles. The Balaban J connectivity index is 2.77. The van der Waals surface area contributed by atoms with E-state index in [4.69, 9.17) is 27.7 Å². The first-order valence-electron chi connectivity index (χ1n) is 5.59. The molecule has 0 saturated carbocycles. The number of rotatable bonds is 5. The van der Waals surface area contributed by atoms with Crippen molar-refractivity contribution >= 4 is 29.3 Å². The minimum atomic E-state index is -1.02. The summed E-state index contributed by atoms with van der Waals surface area (Å²) in [6.45, 7) is 3.57. The number of carboxylic acids is 1. The van der Waals surface area contributed by atoms with Gasteiger partial charge in [0.05, 0.1) is 11.6 Å². The monoisotopic (exact) mass is 298 g/mol. The van der Waals surface area contributed by atoms with Crippen LogP contribution in [0.1, 0.15) is 25.0 Å². The molecule has 0 amide bonds. The van der Waals surface area contributed by atoms with E-state index in [9.17, 15) is 4.79 Å². The summed E-state index contributed by atoms with van der Waals surface area (Å²) >= 11 is 7.49. The lowest BCUT2D eigenvalue weighted by molar-refractivity contribution is -0.139. The molecular formula is C13H15ClN2O2S. The molecular weight excluding hydrogens is 284 g/mol. The number of nitrogens with two attached hydrogens (primary N) is 1. The van der Waals surface area contributed by atoms with Crippen molar-refractivity contribution in [3.63, 3.8) is 0 Å². The van der Waals surface area contributed by atoms with Crippen molar-refractivity contribution in [2.75, 3.05) is 0 Å². The smallest absolute Gasteiger partial charge is 0.321 e. The molecule has 0 fully saturated rings. The van der Waals surface area contributed by atoms with Gasteiger partial charge < -0.3 is 10.8 Å². The molecule has 102 valence electrons. The van der Waals surface area contributed by atoms with Crippen LogP contribution >= 0.6 is 23.4 Å². The quantitative estimate of drug-likeness (QED) is 0.872. The molecule has 0 spiro atoms. The highest BCUT2D eigenvalue weighted by atomic mass is 35.5. The van der Waals surface area contributed by atoms with Gasteiger partial charge in [0.25, 0.3) is 0 Å². The highest BCUT2D eigenvalue weighted by Crippen LogP contribution is 2.32. The number of nitriles is 1. The Labute approximate surface area is 121 Å². The number of nitrogens with zero attached hydrogens (tertiary/aromatic N) is 1. The van der Waals surface area contributed by atoms with Crippen LogP contribution in [0.25, 0.3) is 0 Å². The van der Waals surface area contributed by atoms with E-state index in [-0.39, 0.29) is 0 Å². The molecule has 0 aliphatic rings.